The van der Waals surface area contributed by atoms with Crippen molar-refractivity contribution in [2.45, 2.75) is 12.1 Å². The maximum absolute atomic E-state index is 13.4. The van der Waals surface area contributed by atoms with Crippen molar-refractivity contribution >= 4 is 41.1 Å². The predicted octanol–water partition coefficient (Wildman–Crippen LogP) is 2.94. The number of benzene rings is 2. The molecule has 0 aliphatic carbocycles. The first-order valence-electron chi connectivity index (χ1n) is 9.29. The van der Waals surface area contributed by atoms with E-state index in [2.05, 4.69) is 5.10 Å². The second-order valence-electron chi connectivity index (χ2n) is 7.24. The van der Waals surface area contributed by atoms with E-state index >= 15 is 0 Å². The topological polar surface area (TPSA) is 70.0 Å². The Morgan fingerprint density at radius 3 is 2.48 bits per heavy atom. The summed E-state index contributed by atoms with van der Waals surface area (Å²) in [6.45, 7) is 0. The van der Waals surface area contributed by atoms with Crippen LogP contribution in [0.5, 0.6) is 0 Å². The molecule has 29 heavy (non-hydrogen) atoms. The van der Waals surface area contributed by atoms with Gasteiger partial charge in [-0.3, -0.25) is 19.4 Å². The third kappa shape index (κ3) is 2.63. The average molecular weight is 406 g/mol. The molecule has 2 aromatic carbocycles. The summed E-state index contributed by atoms with van der Waals surface area (Å²) in [6.07, 6.45) is 5.15. The highest BCUT2D eigenvalue weighted by atomic mass is 35.5. The molecule has 4 atom stereocenters. The van der Waals surface area contributed by atoms with Gasteiger partial charge in [0.1, 0.15) is 6.04 Å². The number of nitrogens with zero attached hydrogens (tertiary/aromatic N) is 3. The minimum Gasteiger partial charge on any atom is -0.292 e. The van der Waals surface area contributed by atoms with Crippen molar-refractivity contribution < 1.29 is 14.4 Å². The van der Waals surface area contributed by atoms with Crippen molar-refractivity contribution in [1.29, 1.82) is 0 Å². The van der Waals surface area contributed by atoms with Crippen LogP contribution in [0.15, 0.2) is 71.9 Å². The van der Waals surface area contributed by atoms with Crippen LogP contribution in [0.3, 0.4) is 0 Å². The Morgan fingerprint density at radius 1 is 0.966 bits per heavy atom. The van der Waals surface area contributed by atoms with Gasteiger partial charge in [-0.2, -0.15) is 5.10 Å². The van der Waals surface area contributed by atoms with Gasteiger partial charge in [-0.05, 0) is 24.3 Å². The number of hydrogen-bond donors (Lipinski definition) is 0. The molecule has 2 amide bonds. The van der Waals surface area contributed by atoms with E-state index < -0.39 is 29.8 Å². The average Bonchev–Trinajstić information content (AvgIpc) is 3.21. The third-order valence-corrected chi connectivity index (χ3v) is 5.92. The van der Waals surface area contributed by atoms with Gasteiger partial charge in [0.15, 0.2) is 5.78 Å². The number of allylic oxidation sites excluding steroid dienone is 1. The molecule has 0 bridgehead atoms. The Balaban J connectivity index is 1.59. The van der Waals surface area contributed by atoms with Crippen molar-refractivity contribution in [3.8, 4) is 0 Å². The van der Waals surface area contributed by atoms with Gasteiger partial charge in [0.2, 0.25) is 11.8 Å². The molecule has 2 aromatic rings. The Hall–Kier alpha value is -3.25. The first-order chi connectivity index (χ1) is 14.1. The van der Waals surface area contributed by atoms with Gasteiger partial charge in [0.05, 0.1) is 23.6 Å². The number of Topliss-reactive ketones (excluding diaryl/α,β-unsaturated/α-hetero) is 1. The van der Waals surface area contributed by atoms with E-state index in [4.69, 9.17) is 11.6 Å². The lowest BCUT2D eigenvalue weighted by atomic mass is 9.86. The van der Waals surface area contributed by atoms with E-state index in [1.165, 1.54) is 0 Å². The minimum absolute atomic E-state index is 0.218. The van der Waals surface area contributed by atoms with Crippen molar-refractivity contribution in [3.05, 3.63) is 77.3 Å². The predicted molar refractivity (Wildman–Crippen MR) is 109 cm³/mol. The largest absolute Gasteiger partial charge is 0.292 e. The summed E-state index contributed by atoms with van der Waals surface area (Å²) in [5.74, 6) is -2.42. The zero-order chi connectivity index (χ0) is 20.1. The second kappa shape index (κ2) is 6.67. The zero-order valence-corrected chi connectivity index (χ0v) is 15.9. The van der Waals surface area contributed by atoms with Crippen LogP contribution < -0.4 is 4.90 Å². The molecule has 7 heteroatoms. The molecule has 3 aliphatic rings. The first kappa shape index (κ1) is 17.8. The number of carbonyl (C=O) groups excluding carboxylic acids is 3. The normalized spacial score (nSPS) is 27.3. The molecule has 0 N–H and O–H groups in total. The van der Waals surface area contributed by atoms with E-state index in [1.54, 1.807) is 65.8 Å². The van der Waals surface area contributed by atoms with Crippen LogP contribution in [0.25, 0.3) is 0 Å². The first-order valence-corrected chi connectivity index (χ1v) is 9.67. The van der Waals surface area contributed by atoms with Crippen LogP contribution >= 0.6 is 11.6 Å². The van der Waals surface area contributed by atoms with E-state index in [9.17, 15) is 14.4 Å². The fourth-order valence-corrected chi connectivity index (χ4v) is 4.66. The maximum atomic E-state index is 13.4. The van der Waals surface area contributed by atoms with Crippen molar-refractivity contribution in [3.63, 3.8) is 0 Å². The molecule has 2 fully saturated rings. The van der Waals surface area contributed by atoms with E-state index in [0.717, 1.165) is 4.90 Å². The maximum Gasteiger partial charge on any atom is 0.240 e. The number of rotatable bonds is 3. The SMILES string of the molecule is O=C(c1ccccc1)[C@@H]1[C@@H]2C(=O)N(c3cccc(Cl)c3)C(=O)[C@@H]2[C@@H]2C=CC=NN12. The summed E-state index contributed by atoms with van der Waals surface area (Å²) >= 11 is 6.07. The molecular formula is C22H16ClN3O3. The van der Waals surface area contributed by atoms with Gasteiger partial charge in [-0.1, -0.05) is 54.1 Å². The lowest BCUT2D eigenvalue weighted by Gasteiger charge is -2.30. The second-order valence-corrected chi connectivity index (χ2v) is 7.67. The van der Waals surface area contributed by atoms with Crippen LogP contribution in [-0.4, -0.2) is 40.9 Å². The lowest BCUT2D eigenvalue weighted by Crippen LogP contribution is -2.46. The molecule has 3 heterocycles. The highest BCUT2D eigenvalue weighted by molar-refractivity contribution is 6.31. The number of ketones is 1. The molecule has 0 spiro atoms. The van der Waals surface area contributed by atoms with Crippen LogP contribution in [0.4, 0.5) is 5.69 Å². The van der Waals surface area contributed by atoms with Gasteiger partial charge < -0.3 is 0 Å². The highest BCUT2D eigenvalue weighted by Crippen LogP contribution is 2.46. The van der Waals surface area contributed by atoms with Gasteiger partial charge in [-0.25, -0.2) is 4.90 Å². The summed E-state index contributed by atoms with van der Waals surface area (Å²) in [5.41, 5.74) is 0.908. The zero-order valence-electron chi connectivity index (χ0n) is 15.2. The van der Waals surface area contributed by atoms with Crippen LogP contribution in [0.1, 0.15) is 10.4 Å². The summed E-state index contributed by atoms with van der Waals surface area (Å²) in [7, 11) is 0. The fraction of sp³-hybridized carbons (Fsp3) is 0.182. The van der Waals surface area contributed by atoms with Crippen LogP contribution in [0.2, 0.25) is 5.02 Å². The quantitative estimate of drug-likeness (QED) is 0.581. The summed E-state index contributed by atoms with van der Waals surface area (Å²) < 4.78 is 0. The van der Waals surface area contributed by atoms with Crippen LogP contribution in [-0.2, 0) is 9.59 Å². The number of amides is 2. The molecule has 2 saturated heterocycles. The van der Waals surface area contributed by atoms with Crippen molar-refractivity contribution in [2.75, 3.05) is 4.90 Å². The Labute approximate surface area is 172 Å². The third-order valence-electron chi connectivity index (χ3n) is 5.68. The monoisotopic (exact) mass is 405 g/mol. The molecule has 144 valence electrons. The van der Waals surface area contributed by atoms with Crippen LogP contribution in [0, 0.1) is 11.8 Å². The van der Waals surface area contributed by atoms with Gasteiger partial charge in [-0.15, -0.1) is 0 Å². The molecule has 0 saturated carbocycles. The standard InChI is InChI=1S/C22H16ClN3O3/c23-14-8-4-9-15(12-14)25-21(28)17-16-10-5-11-24-26(16)19(18(17)22(25)29)20(27)13-6-2-1-3-7-13/h1-12,16-19H/t16-,17+,18+,19-/m0/s1. The molecule has 6 nitrogen and oxygen atoms in total. The lowest BCUT2D eigenvalue weighted by molar-refractivity contribution is -0.123. The molecule has 0 unspecified atom stereocenters. The highest BCUT2D eigenvalue weighted by Gasteiger charge is 2.64. The number of halogens is 1. The summed E-state index contributed by atoms with van der Waals surface area (Å²) in [5, 5.41) is 6.38. The number of hydrazone groups is 1. The molecular weight excluding hydrogens is 390 g/mol. The Morgan fingerprint density at radius 2 is 1.72 bits per heavy atom. The minimum atomic E-state index is -0.839. The molecule has 5 rings (SSSR count). The number of carbonyl (C=O) groups is 3. The summed E-state index contributed by atoms with van der Waals surface area (Å²) in [4.78, 5) is 41.2. The number of hydrogen-bond acceptors (Lipinski definition) is 5. The summed E-state index contributed by atoms with van der Waals surface area (Å²) in [6, 6.07) is 14.1. The van der Waals surface area contributed by atoms with Gasteiger partial charge >= 0.3 is 0 Å². The fourth-order valence-electron chi connectivity index (χ4n) is 4.48. The van der Waals surface area contributed by atoms with Crippen molar-refractivity contribution in [2.24, 2.45) is 16.9 Å². The number of imide groups is 1. The van der Waals surface area contributed by atoms with E-state index in [1.807, 2.05) is 12.1 Å². The van der Waals surface area contributed by atoms with Gasteiger partial charge in [0, 0.05) is 16.8 Å². The van der Waals surface area contributed by atoms with Gasteiger partial charge in [0.25, 0.3) is 0 Å². The van der Waals surface area contributed by atoms with E-state index in [0.29, 0.717) is 16.3 Å². The molecule has 0 radical (unpaired) electrons. The smallest absolute Gasteiger partial charge is 0.240 e. The number of fused-ring (bicyclic) bond motifs is 3. The van der Waals surface area contributed by atoms with Crippen molar-refractivity contribution in [1.82, 2.24) is 5.01 Å². The molecule has 3 aliphatic heterocycles. The number of anilines is 1. The Bertz CT molecular complexity index is 1080. The Kier molecular flexibility index (Phi) is 4.10. The molecule has 0 aromatic heterocycles. The van der Waals surface area contributed by atoms with E-state index in [-0.39, 0.29) is 11.7 Å².